The van der Waals surface area contributed by atoms with Gasteiger partial charge in [0.1, 0.15) is 0 Å². The minimum atomic E-state index is 0. The second kappa shape index (κ2) is 7.61. The molecule has 0 atom stereocenters. The zero-order valence-electron chi connectivity index (χ0n) is 6.30. The summed E-state index contributed by atoms with van der Waals surface area (Å²) in [5, 5.41) is 2.23. The number of hydrogen-bond donors (Lipinski definition) is 1. The molecule has 1 heterocycles. The Kier molecular flexibility index (Phi) is 9.97. The smallest absolute Gasteiger partial charge is 0.0273 e. The molecule has 0 unspecified atom stereocenters. The fourth-order valence-corrected chi connectivity index (χ4v) is 0.622. The second-order valence-electron chi connectivity index (χ2n) is 2.25. The average molecular weight is 187 g/mol. The van der Waals surface area contributed by atoms with E-state index in [2.05, 4.69) is 17.4 Å². The van der Waals surface area contributed by atoms with Crippen LogP contribution in [0.25, 0.3) is 0 Å². The van der Waals surface area contributed by atoms with E-state index in [1.54, 1.807) is 0 Å². The molecule has 0 aromatic rings. The van der Waals surface area contributed by atoms with Gasteiger partial charge in [-0.25, -0.2) is 5.01 Å². The predicted molar refractivity (Wildman–Crippen MR) is 49.0 cm³/mol. The summed E-state index contributed by atoms with van der Waals surface area (Å²) >= 11 is 0. The van der Waals surface area contributed by atoms with Gasteiger partial charge in [-0.1, -0.05) is 13.3 Å². The van der Waals surface area contributed by atoms with Crippen LogP contribution < -0.4 is 5.43 Å². The number of hydrazine groups is 1. The Morgan fingerprint density at radius 1 is 1.30 bits per heavy atom. The number of hydrogen-bond acceptors (Lipinski definition) is 2. The number of halogens is 2. The van der Waals surface area contributed by atoms with Crippen molar-refractivity contribution >= 4 is 24.8 Å². The highest BCUT2D eigenvalue weighted by molar-refractivity contribution is 5.85. The maximum absolute atomic E-state index is 3.29. The van der Waals surface area contributed by atoms with Crippen molar-refractivity contribution in [2.75, 3.05) is 19.6 Å². The van der Waals surface area contributed by atoms with Crippen LogP contribution in [-0.2, 0) is 0 Å². The molecule has 1 rings (SSSR count). The first kappa shape index (κ1) is 13.1. The standard InChI is InChI=1S/C6H14N2.2ClH/c1-2-3-4-7-8-5-6-8;;/h7H,2-6H2,1H3;2*1H. The highest BCUT2D eigenvalue weighted by atomic mass is 35.5. The lowest BCUT2D eigenvalue weighted by Crippen LogP contribution is -2.21. The first-order chi connectivity index (χ1) is 3.93. The molecule has 64 valence electrons. The lowest BCUT2D eigenvalue weighted by Gasteiger charge is -2.00. The van der Waals surface area contributed by atoms with Crippen LogP contribution in [-0.4, -0.2) is 24.6 Å². The predicted octanol–water partition coefficient (Wildman–Crippen LogP) is 1.45. The molecule has 10 heavy (non-hydrogen) atoms. The molecular weight excluding hydrogens is 171 g/mol. The molecule has 1 aliphatic heterocycles. The molecule has 0 aromatic carbocycles. The number of unbranched alkanes of at least 4 members (excludes halogenated alkanes) is 1. The van der Waals surface area contributed by atoms with E-state index in [0.717, 1.165) is 6.54 Å². The lowest BCUT2D eigenvalue weighted by atomic mass is 10.3. The van der Waals surface area contributed by atoms with Crippen molar-refractivity contribution in [3.8, 4) is 0 Å². The van der Waals surface area contributed by atoms with Crippen molar-refractivity contribution in [3.05, 3.63) is 0 Å². The van der Waals surface area contributed by atoms with E-state index in [4.69, 9.17) is 0 Å². The normalized spacial score (nSPS) is 15.3. The summed E-state index contributed by atoms with van der Waals surface area (Å²) < 4.78 is 0. The fourth-order valence-electron chi connectivity index (χ4n) is 0.622. The van der Waals surface area contributed by atoms with Gasteiger partial charge >= 0.3 is 0 Å². The largest absolute Gasteiger partial charge is 0.255 e. The maximum atomic E-state index is 3.29. The van der Waals surface area contributed by atoms with Crippen LogP contribution in [0.2, 0.25) is 0 Å². The second-order valence-corrected chi connectivity index (χ2v) is 2.25. The zero-order valence-corrected chi connectivity index (χ0v) is 7.93. The first-order valence-electron chi connectivity index (χ1n) is 3.42. The molecule has 4 heteroatoms. The van der Waals surface area contributed by atoms with Gasteiger partial charge in [0.15, 0.2) is 0 Å². The third-order valence-electron chi connectivity index (χ3n) is 1.31. The Morgan fingerprint density at radius 2 is 1.90 bits per heavy atom. The van der Waals surface area contributed by atoms with Crippen molar-refractivity contribution in [2.24, 2.45) is 0 Å². The Hall–Kier alpha value is 0.500. The van der Waals surface area contributed by atoms with E-state index >= 15 is 0 Å². The van der Waals surface area contributed by atoms with E-state index in [1.165, 1.54) is 25.9 Å². The van der Waals surface area contributed by atoms with Gasteiger partial charge in [-0.3, -0.25) is 5.43 Å². The van der Waals surface area contributed by atoms with Gasteiger partial charge in [0.05, 0.1) is 0 Å². The van der Waals surface area contributed by atoms with Gasteiger partial charge in [-0.2, -0.15) is 0 Å². The molecule has 2 nitrogen and oxygen atoms in total. The third-order valence-corrected chi connectivity index (χ3v) is 1.31. The molecule has 0 bridgehead atoms. The molecule has 1 fully saturated rings. The monoisotopic (exact) mass is 186 g/mol. The summed E-state index contributed by atoms with van der Waals surface area (Å²) in [6, 6.07) is 0. The van der Waals surface area contributed by atoms with Gasteiger partial charge in [-0.15, -0.1) is 24.8 Å². The van der Waals surface area contributed by atoms with Crippen molar-refractivity contribution in [1.82, 2.24) is 10.4 Å². The molecule has 0 aromatic heterocycles. The van der Waals surface area contributed by atoms with Crippen molar-refractivity contribution in [1.29, 1.82) is 0 Å². The number of rotatable bonds is 4. The van der Waals surface area contributed by atoms with Gasteiger partial charge < -0.3 is 0 Å². The minimum Gasteiger partial charge on any atom is -0.255 e. The maximum Gasteiger partial charge on any atom is 0.0273 e. The Balaban J connectivity index is 0. The highest BCUT2D eigenvalue weighted by Crippen LogP contribution is 1.96. The lowest BCUT2D eigenvalue weighted by molar-refractivity contribution is 0.398. The van der Waals surface area contributed by atoms with E-state index in [0.29, 0.717) is 0 Å². The Bertz CT molecular complexity index is 66.8. The van der Waals surface area contributed by atoms with Gasteiger partial charge in [0.2, 0.25) is 0 Å². The van der Waals surface area contributed by atoms with Crippen molar-refractivity contribution in [3.63, 3.8) is 0 Å². The molecule has 0 amide bonds. The molecule has 0 spiro atoms. The van der Waals surface area contributed by atoms with Crippen LogP contribution in [0.4, 0.5) is 0 Å². The quantitative estimate of drug-likeness (QED) is 0.529. The molecule has 0 radical (unpaired) electrons. The van der Waals surface area contributed by atoms with Crippen molar-refractivity contribution in [2.45, 2.75) is 19.8 Å². The fraction of sp³-hybridized carbons (Fsp3) is 1.00. The third kappa shape index (κ3) is 6.62. The topological polar surface area (TPSA) is 15.0 Å². The van der Waals surface area contributed by atoms with Crippen molar-refractivity contribution < 1.29 is 0 Å². The number of nitrogens with one attached hydrogen (secondary N) is 1. The van der Waals surface area contributed by atoms with Crippen LogP contribution in [0.3, 0.4) is 0 Å². The molecule has 0 aliphatic carbocycles. The summed E-state index contributed by atoms with van der Waals surface area (Å²) in [6.45, 7) is 5.88. The van der Waals surface area contributed by atoms with E-state index in [1.807, 2.05) is 0 Å². The summed E-state index contributed by atoms with van der Waals surface area (Å²) in [4.78, 5) is 0. The molecule has 1 N–H and O–H groups in total. The van der Waals surface area contributed by atoms with E-state index < -0.39 is 0 Å². The Labute approximate surface area is 75.1 Å². The van der Waals surface area contributed by atoms with Crippen LogP contribution in [0.1, 0.15) is 19.8 Å². The summed E-state index contributed by atoms with van der Waals surface area (Å²) in [5.41, 5.74) is 3.29. The molecular formula is C6H16Cl2N2. The van der Waals surface area contributed by atoms with Gasteiger partial charge in [0, 0.05) is 19.6 Å². The van der Waals surface area contributed by atoms with Crippen LogP contribution in [0, 0.1) is 0 Å². The number of nitrogens with zero attached hydrogens (tertiary/aromatic N) is 1. The first-order valence-corrected chi connectivity index (χ1v) is 3.42. The van der Waals surface area contributed by atoms with Gasteiger partial charge in [0.25, 0.3) is 0 Å². The molecule has 0 saturated carbocycles. The Morgan fingerprint density at radius 3 is 2.30 bits per heavy atom. The summed E-state index contributed by atoms with van der Waals surface area (Å²) in [6.07, 6.45) is 2.59. The SMILES string of the molecule is CCCCNN1CC1.Cl.Cl. The summed E-state index contributed by atoms with van der Waals surface area (Å²) in [7, 11) is 0. The molecule has 1 saturated heterocycles. The van der Waals surface area contributed by atoms with Crippen LogP contribution in [0.5, 0.6) is 0 Å². The van der Waals surface area contributed by atoms with E-state index in [9.17, 15) is 0 Å². The van der Waals surface area contributed by atoms with E-state index in [-0.39, 0.29) is 24.8 Å². The van der Waals surface area contributed by atoms with Crippen LogP contribution in [0.15, 0.2) is 0 Å². The highest BCUT2D eigenvalue weighted by Gasteiger charge is 2.14. The zero-order chi connectivity index (χ0) is 5.82. The molecule has 1 aliphatic rings. The summed E-state index contributed by atoms with van der Waals surface area (Å²) in [5.74, 6) is 0. The van der Waals surface area contributed by atoms with Gasteiger partial charge in [-0.05, 0) is 6.42 Å². The minimum absolute atomic E-state index is 0. The average Bonchev–Trinajstić information content (AvgIpc) is 2.51. The van der Waals surface area contributed by atoms with Crippen LogP contribution >= 0.6 is 24.8 Å².